The van der Waals surface area contributed by atoms with Gasteiger partial charge in [0.1, 0.15) is 5.75 Å². The molecule has 2 aromatic rings. The lowest BCUT2D eigenvalue weighted by Crippen LogP contribution is -2.21. The van der Waals surface area contributed by atoms with E-state index in [2.05, 4.69) is 10.4 Å². The van der Waals surface area contributed by atoms with E-state index in [1.807, 2.05) is 25.1 Å². The number of rotatable bonds is 5. The molecule has 0 atom stereocenters. The number of para-hydroxylation sites is 1. The zero-order valence-electron chi connectivity index (χ0n) is 11.7. The van der Waals surface area contributed by atoms with Gasteiger partial charge in [0, 0.05) is 7.05 Å². The molecular formula is C14H15N3O4. The van der Waals surface area contributed by atoms with E-state index in [-0.39, 0.29) is 18.0 Å². The molecule has 7 heteroatoms. The predicted molar refractivity (Wildman–Crippen MR) is 75.5 cm³/mol. The lowest BCUT2D eigenvalue weighted by Gasteiger charge is -2.09. The Bertz CT molecular complexity index is 679. The highest BCUT2D eigenvalue weighted by Crippen LogP contribution is 2.17. The van der Waals surface area contributed by atoms with Gasteiger partial charge in [0.2, 0.25) is 0 Å². The van der Waals surface area contributed by atoms with Crippen molar-refractivity contribution in [2.45, 2.75) is 6.92 Å². The van der Waals surface area contributed by atoms with Crippen LogP contribution in [0.4, 0.5) is 5.69 Å². The van der Waals surface area contributed by atoms with Gasteiger partial charge in [-0.15, -0.1) is 0 Å². The maximum atomic E-state index is 11.8. The first-order chi connectivity index (χ1) is 9.99. The maximum Gasteiger partial charge on any atom is 0.356 e. The van der Waals surface area contributed by atoms with Crippen LogP contribution in [0.25, 0.3) is 0 Å². The summed E-state index contributed by atoms with van der Waals surface area (Å²) in [5, 5.41) is 15.3. The van der Waals surface area contributed by atoms with Crippen molar-refractivity contribution in [2.75, 3.05) is 11.9 Å². The van der Waals surface area contributed by atoms with Crippen LogP contribution in [0.1, 0.15) is 16.1 Å². The lowest BCUT2D eigenvalue weighted by molar-refractivity contribution is -0.118. The van der Waals surface area contributed by atoms with E-state index in [1.165, 1.54) is 17.9 Å². The van der Waals surface area contributed by atoms with E-state index in [0.717, 1.165) is 5.56 Å². The minimum Gasteiger partial charge on any atom is -0.483 e. The Balaban J connectivity index is 2.00. The van der Waals surface area contributed by atoms with Gasteiger partial charge in [-0.25, -0.2) is 4.79 Å². The number of hydrogen-bond acceptors (Lipinski definition) is 4. The Morgan fingerprint density at radius 1 is 1.38 bits per heavy atom. The fraction of sp³-hybridized carbons (Fsp3) is 0.214. The Labute approximate surface area is 121 Å². The molecule has 2 rings (SSSR count). The maximum absolute atomic E-state index is 11.8. The first-order valence-corrected chi connectivity index (χ1v) is 6.22. The van der Waals surface area contributed by atoms with Crippen molar-refractivity contribution in [1.29, 1.82) is 0 Å². The van der Waals surface area contributed by atoms with Crippen LogP contribution in [0.15, 0.2) is 30.5 Å². The van der Waals surface area contributed by atoms with Crippen LogP contribution in [-0.4, -0.2) is 33.4 Å². The standard InChI is InChI=1S/C14H15N3O4/c1-9-5-3-4-6-11(9)21-8-12(18)16-10-7-15-17(2)13(10)14(19)20/h3-7H,8H2,1-2H3,(H,16,18)(H,19,20). The molecule has 0 aliphatic heterocycles. The molecule has 0 radical (unpaired) electrons. The van der Waals surface area contributed by atoms with Gasteiger partial charge in [-0.1, -0.05) is 18.2 Å². The van der Waals surface area contributed by atoms with Gasteiger partial charge in [0.05, 0.1) is 11.9 Å². The fourth-order valence-corrected chi connectivity index (χ4v) is 1.83. The number of aromatic nitrogens is 2. The van der Waals surface area contributed by atoms with E-state index < -0.39 is 11.9 Å². The Morgan fingerprint density at radius 3 is 2.76 bits per heavy atom. The van der Waals surface area contributed by atoms with Gasteiger partial charge in [-0.3, -0.25) is 9.48 Å². The number of aryl methyl sites for hydroxylation is 2. The molecule has 0 unspecified atom stereocenters. The minimum absolute atomic E-state index is 0.0840. The van der Waals surface area contributed by atoms with Crippen molar-refractivity contribution in [2.24, 2.45) is 7.05 Å². The molecule has 21 heavy (non-hydrogen) atoms. The fourth-order valence-electron chi connectivity index (χ4n) is 1.83. The summed E-state index contributed by atoms with van der Waals surface area (Å²) in [4.78, 5) is 22.9. The van der Waals surface area contributed by atoms with Gasteiger partial charge in [-0.05, 0) is 18.6 Å². The third kappa shape index (κ3) is 3.38. The van der Waals surface area contributed by atoms with Crippen LogP contribution in [0.2, 0.25) is 0 Å². The summed E-state index contributed by atoms with van der Waals surface area (Å²) in [6, 6.07) is 7.31. The molecule has 0 fully saturated rings. The van der Waals surface area contributed by atoms with Crippen molar-refractivity contribution < 1.29 is 19.4 Å². The molecule has 0 saturated heterocycles. The number of hydrogen-bond donors (Lipinski definition) is 2. The Morgan fingerprint density at radius 2 is 2.10 bits per heavy atom. The first-order valence-electron chi connectivity index (χ1n) is 6.22. The normalized spacial score (nSPS) is 10.2. The Hall–Kier alpha value is -2.83. The second-order valence-electron chi connectivity index (χ2n) is 4.44. The molecular weight excluding hydrogens is 274 g/mol. The van der Waals surface area contributed by atoms with Gasteiger partial charge in [0.25, 0.3) is 5.91 Å². The number of nitrogens with one attached hydrogen (secondary N) is 1. The molecule has 0 aliphatic carbocycles. The number of carbonyl (C=O) groups excluding carboxylic acids is 1. The SMILES string of the molecule is Cc1ccccc1OCC(=O)Nc1cnn(C)c1C(=O)O. The third-order valence-electron chi connectivity index (χ3n) is 2.87. The molecule has 0 saturated carbocycles. The highest BCUT2D eigenvalue weighted by Gasteiger charge is 2.17. The monoisotopic (exact) mass is 289 g/mol. The largest absolute Gasteiger partial charge is 0.483 e. The molecule has 0 aliphatic rings. The van der Waals surface area contributed by atoms with Crippen molar-refractivity contribution in [1.82, 2.24) is 9.78 Å². The summed E-state index contributed by atoms with van der Waals surface area (Å²) in [7, 11) is 1.49. The average Bonchev–Trinajstić information content (AvgIpc) is 2.79. The first kappa shape index (κ1) is 14.6. The highest BCUT2D eigenvalue weighted by molar-refractivity contribution is 5.99. The summed E-state index contributed by atoms with van der Waals surface area (Å²) in [6.07, 6.45) is 1.29. The van der Waals surface area contributed by atoms with Crippen molar-refractivity contribution >= 4 is 17.6 Å². The molecule has 1 heterocycles. The second kappa shape index (κ2) is 6.08. The number of aromatic carboxylic acids is 1. The zero-order chi connectivity index (χ0) is 15.4. The van der Waals surface area contributed by atoms with Crippen LogP contribution >= 0.6 is 0 Å². The number of nitrogens with zero attached hydrogens (tertiary/aromatic N) is 2. The zero-order valence-corrected chi connectivity index (χ0v) is 11.7. The van der Waals surface area contributed by atoms with Crippen LogP contribution < -0.4 is 10.1 Å². The second-order valence-corrected chi connectivity index (χ2v) is 4.44. The lowest BCUT2D eigenvalue weighted by atomic mass is 10.2. The van der Waals surface area contributed by atoms with Crippen LogP contribution in [0.5, 0.6) is 5.75 Å². The number of benzene rings is 1. The molecule has 1 amide bonds. The van der Waals surface area contributed by atoms with E-state index in [1.54, 1.807) is 6.07 Å². The number of carboxylic acid groups (broad SMARTS) is 1. The molecule has 7 nitrogen and oxygen atoms in total. The molecule has 0 bridgehead atoms. The molecule has 110 valence electrons. The number of anilines is 1. The van der Waals surface area contributed by atoms with Crippen molar-refractivity contribution in [3.05, 3.63) is 41.7 Å². The van der Waals surface area contributed by atoms with E-state index in [9.17, 15) is 9.59 Å². The number of carboxylic acids is 1. The summed E-state index contributed by atoms with van der Waals surface area (Å²) in [6.45, 7) is 1.66. The van der Waals surface area contributed by atoms with E-state index in [0.29, 0.717) is 5.75 Å². The third-order valence-corrected chi connectivity index (χ3v) is 2.87. The van der Waals surface area contributed by atoms with Gasteiger partial charge >= 0.3 is 5.97 Å². The van der Waals surface area contributed by atoms with E-state index >= 15 is 0 Å². The number of amides is 1. The number of ether oxygens (including phenoxy) is 1. The number of carbonyl (C=O) groups is 2. The van der Waals surface area contributed by atoms with Gasteiger partial charge in [0.15, 0.2) is 12.3 Å². The summed E-state index contributed by atoms with van der Waals surface area (Å²) in [5.74, 6) is -1.00. The molecule has 2 N–H and O–H groups in total. The van der Waals surface area contributed by atoms with E-state index in [4.69, 9.17) is 9.84 Å². The minimum atomic E-state index is -1.16. The molecule has 1 aromatic heterocycles. The summed E-state index contributed by atoms with van der Waals surface area (Å²) >= 11 is 0. The molecule has 0 spiro atoms. The average molecular weight is 289 g/mol. The van der Waals surface area contributed by atoms with Crippen LogP contribution in [0.3, 0.4) is 0 Å². The quantitative estimate of drug-likeness (QED) is 0.868. The van der Waals surface area contributed by atoms with Crippen LogP contribution in [-0.2, 0) is 11.8 Å². The van der Waals surface area contributed by atoms with Crippen molar-refractivity contribution in [3.8, 4) is 5.75 Å². The van der Waals surface area contributed by atoms with Crippen LogP contribution in [0, 0.1) is 6.92 Å². The van der Waals surface area contributed by atoms with Crippen molar-refractivity contribution in [3.63, 3.8) is 0 Å². The predicted octanol–water partition coefficient (Wildman–Crippen LogP) is 1.44. The van der Waals surface area contributed by atoms with Gasteiger partial charge < -0.3 is 15.2 Å². The summed E-state index contributed by atoms with van der Waals surface area (Å²) in [5.41, 5.74) is 0.973. The smallest absolute Gasteiger partial charge is 0.356 e. The summed E-state index contributed by atoms with van der Waals surface area (Å²) < 4.78 is 6.57. The van der Waals surface area contributed by atoms with Gasteiger partial charge in [-0.2, -0.15) is 5.10 Å². The Kier molecular flexibility index (Phi) is 4.22. The topological polar surface area (TPSA) is 93.5 Å². The highest BCUT2D eigenvalue weighted by atomic mass is 16.5. The molecule has 1 aromatic carbocycles.